The number of alkyl halides is 1. The predicted molar refractivity (Wildman–Crippen MR) is 65.1 cm³/mol. The van der Waals surface area contributed by atoms with Crippen molar-refractivity contribution in [3.05, 3.63) is 0 Å². The maximum atomic E-state index is 11.4. The second kappa shape index (κ2) is 6.62. The Hall–Kier alpha value is 0.200. The molecule has 0 radical (unpaired) electrons. The van der Waals surface area contributed by atoms with Gasteiger partial charge in [-0.05, 0) is 11.8 Å². The van der Waals surface area contributed by atoms with Crippen molar-refractivity contribution in [2.24, 2.45) is 11.8 Å². The Morgan fingerprint density at radius 2 is 1.85 bits per heavy atom. The van der Waals surface area contributed by atoms with Crippen molar-refractivity contribution < 1.29 is 4.79 Å². The summed E-state index contributed by atoms with van der Waals surface area (Å²) >= 11 is 2.32. The van der Waals surface area contributed by atoms with Gasteiger partial charge in [-0.2, -0.15) is 0 Å². The van der Waals surface area contributed by atoms with E-state index in [4.69, 9.17) is 0 Å². The third-order valence-corrected chi connectivity index (χ3v) is 2.86. The monoisotopic (exact) mass is 297 g/mol. The summed E-state index contributed by atoms with van der Waals surface area (Å²) in [6.45, 7) is 8.40. The first-order valence-electron chi connectivity index (χ1n) is 4.82. The minimum absolute atomic E-state index is 0.186. The first kappa shape index (κ1) is 13.2. The van der Waals surface area contributed by atoms with Crippen molar-refractivity contribution in [3.63, 3.8) is 0 Å². The Balaban J connectivity index is 3.87. The maximum Gasteiger partial charge on any atom is 0.220 e. The standard InChI is InChI=1S/C10H20INO/c1-7(2)5-10(13)12-9(6-11)8(3)4/h7-9H,5-6H2,1-4H3,(H,12,13). The van der Waals surface area contributed by atoms with Crippen LogP contribution in [0.4, 0.5) is 0 Å². The number of hydrogen-bond donors (Lipinski definition) is 1. The molecule has 13 heavy (non-hydrogen) atoms. The van der Waals surface area contributed by atoms with Crippen molar-refractivity contribution in [2.75, 3.05) is 4.43 Å². The zero-order chi connectivity index (χ0) is 10.4. The van der Waals surface area contributed by atoms with Gasteiger partial charge in [0.15, 0.2) is 0 Å². The third kappa shape index (κ3) is 6.29. The Morgan fingerprint density at radius 3 is 2.15 bits per heavy atom. The molecule has 0 aliphatic rings. The third-order valence-electron chi connectivity index (χ3n) is 1.91. The van der Waals surface area contributed by atoms with Gasteiger partial charge in [-0.1, -0.05) is 50.3 Å². The molecule has 0 aliphatic heterocycles. The second-order valence-corrected chi connectivity index (χ2v) is 5.05. The van der Waals surface area contributed by atoms with Crippen molar-refractivity contribution in [3.8, 4) is 0 Å². The molecule has 0 spiro atoms. The number of carbonyl (C=O) groups excluding carboxylic acids is 1. The van der Waals surface area contributed by atoms with Crippen LogP contribution in [0.1, 0.15) is 34.1 Å². The highest BCUT2D eigenvalue weighted by atomic mass is 127. The number of halogens is 1. The molecule has 0 aromatic heterocycles. The molecule has 1 atom stereocenters. The number of amides is 1. The van der Waals surface area contributed by atoms with Crippen molar-refractivity contribution >= 4 is 28.5 Å². The summed E-state index contributed by atoms with van der Waals surface area (Å²) in [6.07, 6.45) is 0.639. The van der Waals surface area contributed by atoms with E-state index in [2.05, 4.69) is 55.6 Å². The van der Waals surface area contributed by atoms with Gasteiger partial charge in [0.25, 0.3) is 0 Å². The Morgan fingerprint density at radius 1 is 1.31 bits per heavy atom. The Labute approximate surface area is 95.0 Å². The van der Waals surface area contributed by atoms with Gasteiger partial charge < -0.3 is 5.32 Å². The van der Waals surface area contributed by atoms with Crippen molar-refractivity contribution in [1.82, 2.24) is 5.32 Å². The lowest BCUT2D eigenvalue weighted by molar-refractivity contribution is -0.122. The van der Waals surface area contributed by atoms with Gasteiger partial charge in [0.05, 0.1) is 0 Å². The number of nitrogens with one attached hydrogen (secondary N) is 1. The van der Waals surface area contributed by atoms with Crippen LogP contribution in [0.5, 0.6) is 0 Å². The molecule has 0 rings (SSSR count). The van der Waals surface area contributed by atoms with Crippen LogP contribution >= 0.6 is 22.6 Å². The van der Waals surface area contributed by atoms with E-state index < -0.39 is 0 Å². The van der Waals surface area contributed by atoms with E-state index in [9.17, 15) is 4.79 Å². The second-order valence-electron chi connectivity index (χ2n) is 4.17. The van der Waals surface area contributed by atoms with E-state index in [1.54, 1.807) is 0 Å². The van der Waals surface area contributed by atoms with Gasteiger partial charge >= 0.3 is 0 Å². The number of carbonyl (C=O) groups is 1. The molecule has 78 valence electrons. The fourth-order valence-corrected chi connectivity index (χ4v) is 2.26. The van der Waals surface area contributed by atoms with Gasteiger partial charge in [0.1, 0.15) is 0 Å². The average Bonchev–Trinajstić information content (AvgIpc) is 1.98. The molecule has 2 nitrogen and oxygen atoms in total. The summed E-state index contributed by atoms with van der Waals surface area (Å²) in [5, 5.41) is 3.05. The van der Waals surface area contributed by atoms with E-state index in [0.29, 0.717) is 24.3 Å². The van der Waals surface area contributed by atoms with Crippen molar-refractivity contribution in [2.45, 2.75) is 40.2 Å². The molecule has 0 saturated carbocycles. The topological polar surface area (TPSA) is 29.1 Å². The zero-order valence-electron chi connectivity index (χ0n) is 8.93. The van der Waals surface area contributed by atoms with E-state index in [-0.39, 0.29) is 5.91 Å². The quantitative estimate of drug-likeness (QED) is 0.613. The summed E-state index contributed by atoms with van der Waals surface area (Å²) in [7, 11) is 0. The lowest BCUT2D eigenvalue weighted by Gasteiger charge is -2.20. The highest BCUT2D eigenvalue weighted by Gasteiger charge is 2.14. The van der Waals surface area contributed by atoms with Crippen LogP contribution in [0.2, 0.25) is 0 Å². The molecule has 3 heteroatoms. The largest absolute Gasteiger partial charge is 0.352 e. The van der Waals surface area contributed by atoms with Crippen LogP contribution in [0, 0.1) is 11.8 Å². The lowest BCUT2D eigenvalue weighted by atomic mass is 10.1. The number of hydrogen-bond acceptors (Lipinski definition) is 1. The molecule has 0 aromatic carbocycles. The molecule has 0 heterocycles. The van der Waals surface area contributed by atoms with Gasteiger partial charge in [0.2, 0.25) is 5.91 Å². The fraction of sp³-hybridized carbons (Fsp3) is 0.900. The molecule has 0 fully saturated rings. The van der Waals surface area contributed by atoms with Crippen LogP contribution in [-0.4, -0.2) is 16.4 Å². The van der Waals surface area contributed by atoms with Gasteiger partial charge in [-0.15, -0.1) is 0 Å². The van der Waals surface area contributed by atoms with Crippen LogP contribution < -0.4 is 5.32 Å². The Bertz CT molecular complexity index is 157. The summed E-state index contributed by atoms with van der Waals surface area (Å²) in [6, 6.07) is 0.326. The van der Waals surface area contributed by atoms with E-state index in [0.717, 1.165) is 4.43 Å². The first-order chi connectivity index (χ1) is 5.97. The maximum absolute atomic E-state index is 11.4. The SMILES string of the molecule is CC(C)CC(=O)NC(CI)C(C)C. The smallest absolute Gasteiger partial charge is 0.220 e. The summed E-state index contributed by atoms with van der Waals surface area (Å²) in [4.78, 5) is 11.4. The fourth-order valence-electron chi connectivity index (χ4n) is 1.02. The van der Waals surface area contributed by atoms with Crippen LogP contribution in [0.25, 0.3) is 0 Å². The van der Waals surface area contributed by atoms with Crippen LogP contribution in [0.3, 0.4) is 0 Å². The first-order valence-corrected chi connectivity index (χ1v) is 6.35. The van der Waals surface area contributed by atoms with E-state index in [1.165, 1.54) is 0 Å². The normalized spacial score (nSPS) is 13.5. The zero-order valence-corrected chi connectivity index (χ0v) is 11.1. The molecular weight excluding hydrogens is 277 g/mol. The van der Waals surface area contributed by atoms with Crippen LogP contribution in [-0.2, 0) is 4.79 Å². The Kier molecular flexibility index (Phi) is 6.73. The van der Waals surface area contributed by atoms with Gasteiger partial charge in [-0.3, -0.25) is 4.79 Å². The average molecular weight is 297 g/mol. The molecule has 1 N–H and O–H groups in total. The molecule has 1 amide bonds. The molecule has 0 saturated heterocycles. The lowest BCUT2D eigenvalue weighted by Crippen LogP contribution is -2.40. The number of rotatable bonds is 5. The van der Waals surface area contributed by atoms with E-state index >= 15 is 0 Å². The highest BCUT2D eigenvalue weighted by molar-refractivity contribution is 14.1. The molecule has 0 aromatic rings. The molecule has 1 unspecified atom stereocenters. The molecule has 0 bridgehead atoms. The molecule has 0 aliphatic carbocycles. The van der Waals surface area contributed by atoms with Crippen LogP contribution in [0.15, 0.2) is 0 Å². The summed E-state index contributed by atoms with van der Waals surface area (Å²) < 4.78 is 0.985. The van der Waals surface area contributed by atoms with E-state index in [1.807, 2.05) is 0 Å². The van der Waals surface area contributed by atoms with Gasteiger partial charge in [0, 0.05) is 16.9 Å². The van der Waals surface area contributed by atoms with Crippen molar-refractivity contribution in [1.29, 1.82) is 0 Å². The molecular formula is C10H20INO. The summed E-state index contributed by atoms with van der Waals surface area (Å²) in [5.74, 6) is 1.15. The predicted octanol–water partition coefficient (Wildman–Crippen LogP) is 2.61. The minimum Gasteiger partial charge on any atom is -0.352 e. The minimum atomic E-state index is 0.186. The van der Waals surface area contributed by atoms with Gasteiger partial charge in [-0.25, -0.2) is 0 Å². The summed E-state index contributed by atoms with van der Waals surface area (Å²) in [5.41, 5.74) is 0. The highest BCUT2D eigenvalue weighted by Crippen LogP contribution is 2.06.